The highest BCUT2D eigenvalue weighted by molar-refractivity contribution is 4.68. The summed E-state index contributed by atoms with van der Waals surface area (Å²) in [5.41, 5.74) is 0. The highest BCUT2D eigenvalue weighted by atomic mass is 16.7. The van der Waals surface area contributed by atoms with Crippen molar-refractivity contribution in [2.24, 2.45) is 11.8 Å². The molecule has 14 heavy (non-hydrogen) atoms. The fraction of sp³-hybridized carbons (Fsp3) is 1.00. The van der Waals surface area contributed by atoms with E-state index in [-0.39, 0.29) is 6.29 Å². The second-order valence-corrected chi connectivity index (χ2v) is 4.49. The molecule has 0 amide bonds. The molecule has 1 unspecified atom stereocenters. The molecule has 84 valence electrons. The number of aliphatic hydroxyl groups excluding tert-OH is 1. The Morgan fingerprint density at radius 3 is 2.29 bits per heavy atom. The van der Waals surface area contributed by atoms with Gasteiger partial charge in [0.05, 0.1) is 13.2 Å². The summed E-state index contributed by atoms with van der Waals surface area (Å²) in [5, 5.41) is 9.21. The molecule has 0 aromatic heterocycles. The predicted octanol–water partition coefficient (Wildman–Crippen LogP) is 1.79. The molecule has 3 heteroatoms. The van der Waals surface area contributed by atoms with E-state index in [9.17, 15) is 5.11 Å². The van der Waals surface area contributed by atoms with E-state index >= 15 is 0 Å². The van der Waals surface area contributed by atoms with Crippen LogP contribution in [0.15, 0.2) is 0 Å². The summed E-state index contributed by atoms with van der Waals surface area (Å²) in [4.78, 5) is 0. The summed E-state index contributed by atoms with van der Waals surface area (Å²) in [7, 11) is 0. The fourth-order valence-electron chi connectivity index (χ4n) is 1.86. The molecule has 1 aliphatic heterocycles. The lowest BCUT2D eigenvalue weighted by atomic mass is 9.94. The number of rotatable bonds is 4. The zero-order valence-corrected chi connectivity index (χ0v) is 9.40. The molecule has 1 heterocycles. The second kappa shape index (κ2) is 5.69. The third-order valence-corrected chi connectivity index (χ3v) is 2.59. The van der Waals surface area contributed by atoms with E-state index in [2.05, 4.69) is 20.8 Å². The first kappa shape index (κ1) is 12.0. The molecular weight excluding hydrogens is 180 g/mol. The lowest BCUT2D eigenvalue weighted by Crippen LogP contribution is -2.39. The van der Waals surface area contributed by atoms with E-state index in [1.54, 1.807) is 0 Å². The quantitative estimate of drug-likeness (QED) is 0.755. The van der Waals surface area contributed by atoms with Gasteiger partial charge in [0, 0.05) is 5.92 Å². The molecule has 0 bridgehead atoms. The van der Waals surface area contributed by atoms with Crippen molar-refractivity contribution in [3.05, 3.63) is 0 Å². The van der Waals surface area contributed by atoms with Crippen LogP contribution in [0.4, 0.5) is 0 Å². The van der Waals surface area contributed by atoms with Crippen LogP contribution in [-0.4, -0.2) is 30.7 Å². The van der Waals surface area contributed by atoms with Crippen LogP contribution in [0.1, 0.15) is 33.6 Å². The molecule has 0 aromatic rings. The molecule has 0 radical (unpaired) electrons. The van der Waals surface area contributed by atoms with Crippen LogP contribution >= 0.6 is 0 Å². The van der Waals surface area contributed by atoms with E-state index < -0.39 is 6.10 Å². The molecule has 1 atom stereocenters. The predicted molar refractivity (Wildman–Crippen MR) is 54.9 cm³/mol. The van der Waals surface area contributed by atoms with Crippen LogP contribution in [-0.2, 0) is 9.47 Å². The van der Waals surface area contributed by atoms with Gasteiger partial charge in [-0.1, -0.05) is 20.8 Å². The molecule has 1 saturated heterocycles. The van der Waals surface area contributed by atoms with Gasteiger partial charge in [0.15, 0.2) is 6.29 Å². The SMILES string of the molecule is CCC(CC(C)C)C1OCC(O)CO1. The first-order valence-electron chi connectivity index (χ1n) is 5.54. The molecule has 3 nitrogen and oxygen atoms in total. The van der Waals surface area contributed by atoms with Crippen LogP contribution in [0.25, 0.3) is 0 Å². The molecule has 0 spiro atoms. The Balaban J connectivity index is 2.36. The van der Waals surface area contributed by atoms with Gasteiger partial charge in [-0.05, 0) is 18.8 Å². The molecule has 1 fully saturated rings. The Kier molecular flexibility index (Phi) is 4.85. The average molecular weight is 202 g/mol. The Labute approximate surface area is 86.4 Å². The minimum Gasteiger partial charge on any atom is -0.388 e. The molecule has 0 saturated carbocycles. The Morgan fingerprint density at radius 1 is 1.29 bits per heavy atom. The summed E-state index contributed by atoms with van der Waals surface area (Å²) >= 11 is 0. The zero-order valence-electron chi connectivity index (χ0n) is 9.40. The van der Waals surface area contributed by atoms with Gasteiger partial charge < -0.3 is 14.6 Å². The van der Waals surface area contributed by atoms with Gasteiger partial charge in [-0.25, -0.2) is 0 Å². The van der Waals surface area contributed by atoms with E-state index in [0.717, 1.165) is 12.8 Å². The highest BCUT2D eigenvalue weighted by Crippen LogP contribution is 2.24. The maximum atomic E-state index is 9.21. The summed E-state index contributed by atoms with van der Waals surface area (Å²) in [6.45, 7) is 7.41. The summed E-state index contributed by atoms with van der Waals surface area (Å²) in [6, 6.07) is 0. The average Bonchev–Trinajstić information content (AvgIpc) is 2.15. The Hall–Kier alpha value is -0.120. The maximum Gasteiger partial charge on any atom is 0.160 e. The van der Waals surface area contributed by atoms with Crippen LogP contribution in [0.5, 0.6) is 0 Å². The first-order chi connectivity index (χ1) is 6.63. The number of ether oxygens (including phenoxy) is 2. The third kappa shape index (κ3) is 3.56. The molecule has 0 aliphatic carbocycles. The van der Waals surface area contributed by atoms with Crippen molar-refractivity contribution in [3.63, 3.8) is 0 Å². The van der Waals surface area contributed by atoms with E-state index in [0.29, 0.717) is 25.0 Å². The van der Waals surface area contributed by atoms with Crippen molar-refractivity contribution >= 4 is 0 Å². The topological polar surface area (TPSA) is 38.7 Å². The smallest absolute Gasteiger partial charge is 0.160 e. The van der Waals surface area contributed by atoms with Crippen LogP contribution < -0.4 is 0 Å². The minimum atomic E-state index is -0.442. The number of hydrogen-bond acceptors (Lipinski definition) is 3. The van der Waals surface area contributed by atoms with Crippen LogP contribution in [0.3, 0.4) is 0 Å². The molecule has 1 aliphatic rings. The van der Waals surface area contributed by atoms with E-state index in [4.69, 9.17) is 9.47 Å². The van der Waals surface area contributed by atoms with Crippen molar-refractivity contribution < 1.29 is 14.6 Å². The van der Waals surface area contributed by atoms with Gasteiger partial charge in [-0.3, -0.25) is 0 Å². The first-order valence-corrected chi connectivity index (χ1v) is 5.54. The Bertz CT molecular complexity index is 151. The minimum absolute atomic E-state index is 0.106. The van der Waals surface area contributed by atoms with Crippen molar-refractivity contribution in [2.45, 2.75) is 46.0 Å². The van der Waals surface area contributed by atoms with E-state index in [1.807, 2.05) is 0 Å². The fourth-order valence-corrected chi connectivity index (χ4v) is 1.86. The zero-order chi connectivity index (χ0) is 10.6. The van der Waals surface area contributed by atoms with Gasteiger partial charge in [0.25, 0.3) is 0 Å². The molecule has 1 rings (SSSR count). The van der Waals surface area contributed by atoms with Crippen molar-refractivity contribution in [1.29, 1.82) is 0 Å². The number of hydrogen-bond donors (Lipinski definition) is 1. The van der Waals surface area contributed by atoms with Gasteiger partial charge in [0.1, 0.15) is 6.10 Å². The highest BCUT2D eigenvalue weighted by Gasteiger charge is 2.27. The Morgan fingerprint density at radius 2 is 1.86 bits per heavy atom. The normalized spacial score (nSPS) is 30.6. The monoisotopic (exact) mass is 202 g/mol. The summed E-state index contributed by atoms with van der Waals surface area (Å²) in [5.74, 6) is 1.13. The van der Waals surface area contributed by atoms with Crippen LogP contribution in [0.2, 0.25) is 0 Å². The maximum absolute atomic E-state index is 9.21. The second-order valence-electron chi connectivity index (χ2n) is 4.49. The van der Waals surface area contributed by atoms with E-state index in [1.165, 1.54) is 0 Å². The lowest BCUT2D eigenvalue weighted by molar-refractivity contribution is -0.239. The molecule has 1 N–H and O–H groups in total. The lowest BCUT2D eigenvalue weighted by Gasteiger charge is -2.32. The standard InChI is InChI=1S/C11H22O3/c1-4-9(5-8(2)3)11-13-6-10(12)7-14-11/h8-12H,4-7H2,1-3H3. The van der Waals surface area contributed by atoms with Gasteiger partial charge in [-0.15, -0.1) is 0 Å². The van der Waals surface area contributed by atoms with Gasteiger partial charge in [0.2, 0.25) is 0 Å². The third-order valence-electron chi connectivity index (χ3n) is 2.59. The van der Waals surface area contributed by atoms with Crippen molar-refractivity contribution in [3.8, 4) is 0 Å². The molecule has 0 aromatic carbocycles. The summed E-state index contributed by atoms with van der Waals surface area (Å²) in [6.07, 6.45) is 1.64. The number of aliphatic hydroxyl groups is 1. The molecular formula is C11H22O3. The summed E-state index contributed by atoms with van der Waals surface area (Å²) < 4.78 is 10.9. The largest absolute Gasteiger partial charge is 0.388 e. The van der Waals surface area contributed by atoms with Gasteiger partial charge in [-0.2, -0.15) is 0 Å². The van der Waals surface area contributed by atoms with Crippen molar-refractivity contribution in [1.82, 2.24) is 0 Å². The van der Waals surface area contributed by atoms with Crippen LogP contribution in [0, 0.1) is 11.8 Å². The van der Waals surface area contributed by atoms with Gasteiger partial charge >= 0.3 is 0 Å². The van der Waals surface area contributed by atoms with Crippen molar-refractivity contribution in [2.75, 3.05) is 13.2 Å².